The van der Waals surface area contributed by atoms with Crippen molar-refractivity contribution in [3.8, 4) is 0 Å². The molecule has 1 saturated heterocycles. The Labute approximate surface area is 123 Å². The van der Waals surface area contributed by atoms with Crippen LogP contribution in [0, 0.1) is 0 Å². The molecule has 2 heteroatoms. The predicted molar refractivity (Wildman–Crippen MR) is 84.9 cm³/mol. The van der Waals surface area contributed by atoms with Crippen LogP contribution in [0.1, 0.15) is 51.0 Å². The lowest BCUT2D eigenvalue weighted by molar-refractivity contribution is -0.0208. The lowest BCUT2D eigenvalue weighted by Gasteiger charge is -2.38. The van der Waals surface area contributed by atoms with E-state index in [4.69, 9.17) is 0 Å². The Hall–Kier alpha value is -0.860. The number of benzene rings is 1. The van der Waals surface area contributed by atoms with Crippen LogP contribution in [-0.4, -0.2) is 35.2 Å². The highest BCUT2D eigenvalue weighted by Crippen LogP contribution is 2.26. The van der Waals surface area contributed by atoms with E-state index in [1.807, 2.05) is 6.07 Å². The molecule has 1 aliphatic rings. The number of likely N-dealkylation sites (tertiary alicyclic amines) is 1. The van der Waals surface area contributed by atoms with E-state index < -0.39 is 5.60 Å². The molecule has 0 bridgehead atoms. The number of rotatable bonds is 7. The highest BCUT2D eigenvalue weighted by molar-refractivity contribution is 5.17. The molecular formula is C18H29NO. The van der Waals surface area contributed by atoms with Crippen molar-refractivity contribution in [3.05, 3.63) is 35.9 Å². The predicted octanol–water partition coefficient (Wildman–Crippen LogP) is 3.64. The van der Waals surface area contributed by atoms with Gasteiger partial charge in [-0.3, -0.25) is 0 Å². The molecular weight excluding hydrogens is 246 g/mol. The molecule has 0 radical (unpaired) electrons. The molecule has 2 rings (SSSR count). The van der Waals surface area contributed by atoms with Crippen molar-refractivity contribution >= 4 is 0 Å². The molecule has 20 heavy (non-hydrogen) atoms. The van der Waals surface area contributed by atoms with Gasteiger partial charge in [0.25, 0.3) is 0 Å². The molecule has 1 aliphatic heterocycles. The van der Waals surface area contributed by atoms with E-state index in [1.54, 1.807) is 0 Å². The summed E-state index contributed by atoms with van der Waals surface area (Å²) in [4.78, 5) is 2.52. The fraction of sp³-hybridized carbons (Fsp3) is 0.667. The molecule has 0 spiro atoms. The van der Waals surface area contributed by atoms with Crippen LogP contribution in [0.25, 0.3) is 0 Å². The molecule has 1 N–H and O–H groups in total. The maximum atomic E-state index is 10.7. The van der Waals surface area contributed by atoms with Gasteiger partial charge in [-0.2, -0.15) is 0 Å². The average molecular weight is 275 g/mol. The summed E-state index contributed by atoms with van der Waals surface area (Å²) >= 11 is 0. The summed E-state index contributed by atoms with van der Waals surface area (Å²) in [6.07, 6.45) is 7.94. The lowest BCUT2D eigenvalue weighted by Crippen LogP contribution is -2.45. The van der Waals surface area contributed by atoms with Gasteiger partial charge in [0.15, 0.2) is 0 Å². The van der Waals surface area contributed by atoms with Crippen LogP contribution in [0.4, 0.5) is 0 Å². The standard InChI is InChI=1S/C18H29NO/c1-2-3-4-8-13-19-14-11-18(20,12-15-19)16-17-9-6-5-7-10-17/h5-7,9-10,20H,2-4,8,11-16H2,1H3. The van der Waals surface area contributed by atoms with Crippen LogP contribution in [0.5, 0.6) is 0 Å². The van der Waals surface area contributed by atoms with E-state index in [-0.39, 0.29) is 0 Å². The van der Waals surface area contributed by atoms with Gasteiger partial charge in [-0.1, -0.05) is 56.5 Å². The second-order valence-corrected chi connectivity index (χ2v) is 6.29. The Morgan fingerprint density at radius 1 is 1.05 bits per heavy atom. The van der Waals surface area contributed by atoms with Gasteiger partial charge in [0.05, 0.1) is 5.60 Å². The molecule has 1 aromatic carbocycles. The van der Waals surface area contributed by atoms with Crippen molar-refractivity contribution in [2.75, 3.05) is 19.6 Å². The molecule has 0 unspecified atom stereocenters. The fourth-order valence-electron chi connectivity index (χ4n) is 3.11. The van der Waals surface area contributed by atoms with Crippen LogP contribution in [0.15, 0.2) is 30.3 Å². The van der Waals surface area contributed by atoms with Crippen molar-refractivity contribution in [2.45, 2.75) is 57.5 Å². The first-order valence-electron chi connectivity index (χ1n) is 8.20. The summed E-state index contributed by atoms with van der Waals surface area (Å²) in [6, 6.07) is 10.4. The normalized spacial score (nSPS) is 19.1. The van der Waals surface area contributed by atoms with Gasteiger partial charge in [-0.15, -0.1) is 0 Å². The summed E-state index contributed by atoms with van der Waals surface area (Å²) < 4.78 is 0. The zero-order valence-electron chi connectivity index (χ0n) is 12.9. The van der Waals surface area contributed by atoms with Crippen LogP contribution >= 0.6 is 0 Å². The van der Waals surface area contributed by atoms with Crippen LogP contribution in [0.2, 0.25) is 0 Å². The molecule has 0 amide bonds. The topological polar surface area (TPSA) is 23.5 Å². The first-order chi connectivity index (χ1) is 9.72. The maximum Gasteiger partial charge on any atom is 0.0712 e. The molecule has 1 heterocycles. The van der Waals surface area contributed by atoms with E-state index >= 15 is 0 Å². The lowest BCUT2D eigenvalue weighted by atomic mass is 9.85. The zero-order chi connectivity index (χ0) is 14.3. The Kier molecular flexibility index (Phi) is 6.06. The smallest absolute Gasteiger partial charge is 0.0712 e. The third-order valence-electron chi connectivity index (χ3n) is 4.49. The number of unbranched alkanes of at least 4 members (excludes halogenated alkanes) is 3. The van der Waals surface area contributed by atoms with Gasteiger partial charge < -0.3 is 10.0 Å². The number of aliphatic hydroxyl groups is 1. The first kappa shape index (κ1) is 15.5. The number of hydrogen-bond acceptors (Lipinski definition) is 2. The number of piperidine rings is 1. The summed E-state index contributed by atoms with van der Waals surface area (Å²) in [5.41, 5.74) is 0.771. The van der Waals surface area contributed by atoms with Crippen molar-refractivity contribution < 1.29 is 5.11 Å². The van der Waals surface area contributed by atoms with Gasteiger partial charge in [-0.05, 0) is 31.4 Å². The third kappa shape index (κ3) is 4.92. The van der Waals surface area contributed by atoms with Gasteiger partial charge in [0, 0.05) is 19.5 Å². The van der Waals surface area contributed by atoms with Crippen molar-refractivity contribution in [2.24, 2.45) is 0 Å². The van der Waals surface area contributed by atoms with Gasteiger partial charge in [-0.25, -0.2) is 0 Å². The Morgan fingerprint density at radius 3 is 2.40 bits per heavy atom. The Bertz CT molecular complexity index is 368. The van der Waals surface area contributed by atoms with E-state index in [2.05, 4.69) is 36.1 Å². The highest BCUT2D eigenvalue weighted by Gasteiger charge is 2.31. The molecule has 2 nitrogen and oxygen atoms in total. The molecule has 0 saturated carbocycles. The van der Waals surface area contributed by atoms with E-state index in [0.29, 0.717) is 0 Å². The molecule has 0 atom stereocenters. The first-order valence-corrected chi connectivity index (χ1v) is 8.20. The monoisotopic (exact) mass is 275 g/mol. The zero-order valence-corrected chi connectivity index (χ0v) is 12.9. The van der Waals surface area contributed by atoms with Crippen molar-refractivity contribution in [1.82, 2.24) is 4.90 Å². The van der Waals surface area contributed by atoms with E-state index in [1.165, 1.54) is 37.8 Å². The van der Waals surface area contributed by atoms with Gasteiger partial charge >= 0.3 is 0 Å². The summed E-state index contributed by atoms with van der Waals surface area (Å²) in [6.45, 7) is 5.57. The van der Waals surface area contributed by atoms with Gasteiger partial charge in [0.2, 0.25) is 0 Å². The second-order valence-electron chi connectivity index (χ2n) is 6.29. The molecule has 112 valence electrons. The molecule has 0 aliphatic carbocycles. The maximum absolute atomic E-state index is 10.7. The Morgan fingerprint density at radius 2 is 1.75 bits per heavy atom. The highest BCUT2D eigenvalue weighted by atomic mass is 16.3. The van der Waals surface area contributed by atoms with Crippen LogP contribution in [0.3, 0.4) is 0 Å². The number of nitrogens with zero attached hydrogens (tertiary/aromatic N) is 1. The van der Waals surface area contributed by atoms with Crippen LogP contribution in [-0.2, 0) is 6.42 Å². The number of hydrogen-bond donors (Lipinski definition) is 1. The van der Waals surface area contributed by atoms with Crippen molar-refractivity contribution in [1.29, 1.82) is 0 Å². The molecule has 1 aromatic rings. The molecule has 1 fully saturated rings. The fourth-order valence-corrected chi connectivity index (χ4v) is 3.11. The minimum absolute atomic E-state index is 0.485. The third-order valence-corrected chi connectivity index (χ3v) is 4.49. The van der Waals surface area contributed by atoms with E-state index in [0.717, 1.165) is 32.4 Å². The largest absolute Gasteiger partial charge is 0.389 e. The minimum Gasteiger partial charge on any atom is -0.389 e. The summed E-state index contributed by atoms with van der Waals surface area (Å²) in [5.74, 6) is 0. The SMILES string of the molecule is CCCCCCN1CCC(O)(Cc2ccccc2)CC1. The minimum atomic E-state index is -0.485. The summed E-state index contributed by atoms with van der Waals surface area (Å²) in [5, 5.41) is 10.7. The summed E-state index contributed by atoms with van der Waals surface area (Å²) in [7, 11) is 0. The molecule has 0 aromatic heterocycles. The van der Waals surface area contributed by atoms with Crippen LogP contribution < -0.4 is 0 Å². The van der Waals surface area contributed by atoms with E-state index in [9.17, 15) is 5.11 Å². The second kappa shape index (κ2) is 7.80. The average Bonchev–Trinajstić information content (AvgIpc) is 2.46. The van der Waals surface area contributed by atoms with Crippen molar-refractivity contribution in [3.63, 3.8) is 0 Å². The van der Waals surface area contributed by atoms with Gasteiger partial charge in [0.1, 0.15) is 0 Å². The quantitative estimate of drug-likeness (QED) is 0.768. The Balaban J connectivity index is 1.72.